The Morgan fingerprint density at radius 2 is 1.77 bits per heavy atom. The summed E-state index contributed by atoms with van der Waals surface area (Å²) in [4.78, 5) is 27.1. The van der Waals surface area contributed by atoms with Crippen LogP contribution < -0.4 is 9.47 Å². The number of benzene rings is 2. The third-order valence-corrected chi connectivity index (χ3v) is 5.18. The Morgan fingerprint density at radius 1 is 1.06 bits per heavy atom. The average Bonchev–Trinajstić information content (AvgIpc) is 3.02. The number of allylic oxidation sites excluding steroid dienone is 1. The van der Waals surface area contributed by atoms with Crippen LogP contribution in [0.4, 0.5) is 4.39 Å². The van der Waals surface area contributed by atoms with Gasteiger partial charge in [-0.05, 0) is 43.2 Å². The van der Waals surface area contributed by atoms with Crippen molar-refractivity contribution in [2.45, 2.75) is 13.3 Å². The van der Waals surface area contributed by atoms with Crippen LogP contribution in [0.15, 0.2) is 59.3 Å². The van der Waals surface area contributed by atoms with E-state index in [9.17, 15) is 14.0 Å². The molecular formula is C24H24FNO5. The van der Waals surface area contributed by atoms with Crippen molar-refractivity contribution in [3.8, 4) is 11.5 Å². The lowest BCUT2D eigenvalue weighted by molar-refractivity contribution is -0.136. The summed E-state index contributed by atoms with van der Waals surface area (Å²) in [6.07, 6.45) is 1.91. The zero-order valence-electron chi connectivity index (χ0n) is 17.9. The predicted octanol–water partition coefficient (Wildman–Crippen LogP) is 3.76. The van der Waals surface area contributed by atoms with Crippen molar-refractivity contribution < 1.29 is 28.2 Å². The van der Waals surface area contributed by atoms with E-state index < -0.39 is 11.8 Å². The number of hydrogen-bond acceptors (Lipinski definition) is 5. The Balaban J connectivity index is 1.91. The summed E-state index contributed by atoms with van der Waals surface area (Å²) in [5.41, 5.74) is 1.89. The van der Waals surface area contributed by atoms with Gasteiger partial charge < -0.3 is 19.1 Å². The van der Waals surface area contributed by atoms with Crippen LogP contribution in [0.3, 0.4) is 0 Å². The number of esters is 1. The molecule has 2 aromatic rings. The smallest absolute Gasteiger partial charge is 0.340 e. The van der Waals surface area contributed by atoms with Crippen molar-refractivity contribution >= 4 is 18.0 Å². The quantitative estimate of drug-likeness (QED) is 0.499. The van der Waals surface area contributed by atoms with Crippen molar-refractivity contribution in [1.82, 2.24) is 4.90 Å². The van der Waals surface area contributed by atoms with E-state index in [-0.39, 0.29) is 22.6 Å². The van der Waals surface area contributed by atoms with Crippen LogP contribution in [0.2, 0.25) is 0 Å². The SMILES string of the molecule is COC(=O)C1=C(C)N(CCc2ccc(OC)c(OC)c2)C(=O)/C1=C/c1ccccc1F. The average molecular weight is 425 g/mol. The third kappa shape index (κ3) is 4.45. The third-order valence-electron chi connectivity index (χ3n) is 5.18. The van der Waals surface area contributed by atoms with Gasteiger partial charge in [0.1, 0.15) is 5.82 Å². The first kappa shape index (κ1) is 22.1. The van der Waals surface area contributed by atoms with E-state index in [1.807, 2.05) is 12.1 Å². The minimum atomic E-state index is -0.637. The van der Waals surface area contributed by atoms with Gasteiger partial charge in [-0.15, -0.1) is 0 Å². The summed E-state index contributed by atoms with van der Waals surface area (Å²) in [7, 11) is 4.37. The second kappa shape index (κ2) is 9.47. The van der Waals surface area contributed by atoms with E-state index in [2.05, 4.69) is 0 Å². The molecule has 1 aliphatic heterocycles. The van der Waals surface area contributed by atoms with Gasteiger partial charge in [-0.25, -0.2) is 9.18 Å². The van der Waals surface area contributed by atoms with Crippen LogP contribution in [0.1, 0.15) is 18.1 Å². The predicted molar refractivity (Wildman–Crippen MR) is 114 cm³/mol. The van der Waals surface area contributed by atoms with E-state index in [0.717, 1.165) is 5.56 Å². The summed E-state index contributed by atoms with van der Waals surface area (Å²) >= 11 is 0. The van der Waals surface area contributed by atoms with Gasteiger partial charge in [0, 0.05) is 17.8 Å². The minimum absolute atomic E-state index is 0.113. The highest BCUT2D eigenvalue weighted by molar-refractivity contribution is 6.16. The summed E-state index contributed by atoms with van der Waals surface area (Å²) in [5, 5.41) is 0. The first-order valence-corrected chi connectivity index (χ1v) is 9.69. The van der Waals surface area contributed by atoms with Crippen LogP contribution in [-0.4, -0.2) is 44.7 Å². The highest BCUT2D eigenvalue weighted by Gasteiger charge is 2.36. The van der Waals surface area contributed by atoms with E-state index in [1.54, 1.807) is 45.4 Å². The van der Waals surface area contributed by atoms with Crippen molar-refractivity contribution in [3.05, 3.63) is 76.3 Å². The molecule has 3 rings (SSSR count). The first-order chi connectivity index (χ1) is 14.9. The fourth-order valence-electron chi connectivity index (χ4n) is 3.52. The first-order valence-electron chi connectivity index (χ1n) is 9.69. The topological polar surface area (TPSA) is 65.1 Å². The molecule has 31 heavy (non-hydrogen) atoms. The molecular weight excluding hydrogens is 401 g/mol. The second-order valence-electron chi connectivity index (χ2n) is 6.93. The molecule has 0 unspecified atom stereocenters. The molecule has 1 heterocycles. The summed E-state index contributed by atoms with van der Waals surface area (Å²) in [5.74, 6) is -0.282. The molecule has 0 fully saturated rings. The molecule has 2 aromatic carbocycles. The summed E-state index contributed by atoms with van der Waals surface area (Å²) in [6, 6.07) is 11.6. The van der Waals surface area contributed by atoms with Crippen LogP contribution >= 0.6 is 0 Å². The lowest BCUT2D eigenvalue weighted by Gasteiger charge is -2.18. The molecule has 1 aliphatic rings. The molecule has 0 spiro atoms. The van der Waals surface area contributed by atoms with Crippen molar-refractivity contribution in [3.63, 3.8) is 0 Å². The highest BCUT2D eigenvalue weighted by atomic mass is 19.1. The van der Waals surface area contributed by atoms with Gasteiger partial charge in [-0.1, -0.05) is 24.3 Å². The number of carbonyl (C=O) groups is 2. The molecule has 0 N–H and O–H groups in total. The Kier molecular flexibility index (Phi) is 6.74. The lowest BCUT2D eigenvalue weighted by atomic mass is 10.0. The number of halogens is 1. The van der Waals surface area contributed by atoms with Crippen molar-refractivity contribution in [2.24, 2.45) is 0 Å². The lowest BCUT2D eigenvalue weighted by Crippen LogP contribution is -2.27. The number of ether oxygens (including phenoxy) is 3. The number of nitrogens with zero attached hydrogens (tertiary/aromatic N) is 1. The van der Waals surface area contributed by atoms with Crippen molar-refractivity contribution in [1.29, 1.82) is 0 Å². The largest absolute Gasteiger partial charge is 0.493 e. The molecule has 0 atom stereocenters. The molecule has 162 valence electrons. The van der Waals surface area contributed by atoms with Gasteiger partial charge in [-0.2, -0.15) is 0 Å². The summed E-state index contributed by atoms with van der Waals surface area (Å²) in [6.45, 7) is 2.01. The van der Waals surface area contributed by atoms with Gasteiger partial charge in [0.25, 0.3) is 5.91 Å². The molecule has 1 amide bonds. The number of amides is 1. The highest BCUT2D eigenvalue weighted by Crippen LogP contribution is 2.33. The normalized spacial score (nSPS) is 14.9. The molecule has 0 bridgehead atoms. The minimum Gasteiger partial charge on any atom is -0.493 e. The number of rotatable bonds is 7. The van der Waals surface area contributed by atoms with E-state index >= 15 is 0 Å². The molecule has 6 nitrogen and oxygen atoms in total. The van der Waals surface area contributed by atoms with Crippen LogP contribution in [-0.2, 0) is 20.7 Å². The number of methoxy groups -OCH3 is 3. The van der Waals surface area contributed by atoms with Gasteiger partial charge >= 0.3 is 5.97 Å². The zero-order chi connectivity index (χ0) is 22.5. The maximum absolute atomic E-state index is 14.2. The Hall–Kier alpha value is -3.61. The van der Waals surface area contributed by atoms with Gasteiger partial charge in [0.2, 0.25) is 0 Å². The molecule has 0 aliphatic carbocycles. The van der Waals surface area contributed by atoms with Gasteiger partial charge in [0.15, 0.2) is 11.5 Å². The molecule has 0 aromatic heterocycles. The van der Waals surface area contributed by atoms with E-state index in [1.165, 1.54) is 24.2 Å². The molecule has 7 heteroatoms. The maximum Gasteiger partial charge on any atom is 0.340 e. The number of hydrogen-bond donors (Lipinski definition) is 0. The van der Waals surface area contributed by atoms with E-state index in [4.69, 9.17) is 14.2 Å². The monoisotopic (exact) mass is 425 g/mol. The number of carbonyl (C=O) groups excluding carboxylic acids is 2. The molecule has 0 radical (unpaired) electrons. The zero-order valence-corrected chi connectivity index (χ0v) is 17.9. The Morgan fingerprint density at radius 3 is 2.42 bits per heavy atom. The van der Waals surface area contributed by atoms with Crippen LogP contribution in [0, 0.1) is 5.82 Å². The molecule has 0 saturated carbocycles. The van der Waals surface area contributed by atoms with Gasteiger partial charge in [-0.3, -0.25) is 4.79 Å². The fourth-order valence-corrected chi connectivity index (χ4v) is 3.52. The Labute approximate surface area is 180 Å². The molecule has 0 saturated heterocycles. The second-order valence-corrected chi connectivity index (χ2v) is 6.93. The van der Waals surface area contributed by atoms with E-state index in [0.29, 0.717) is 30.2 Å². The summed E-state index contributed by atoms with van der Waals surface area (Å²) < 4.78 is 29.6. The van der Waals surface area contributed by atoms with Gasteiger partial charge in [0.05, 0.1) is 32.5 Å². The van der Waals surface area contributed by atoms with Crippen molar-refractivity contribution in [2.75, 3.05) is 27.9 Å². The van der Waals surface area contributed by atoms with Crippen LogP contribution in [0.5, 0.6) is 11.5 Å². The Bertz CT molecular complexity index is 1070. The fraction of sp³-hybridized carbons (Fsp3) is 0.250. The standard InChI is InChI=1S/C24H24FNO5/c1-15-22(24(28)31-4)18(14-17-7-5-6-8-19(17)25)23(27)26(15)12-11-16-9-10-20(29-2)21(13-16)30-3/h5-10,13-14H,11-12H2,1-4H3/b18-14+. The van der Waals surface area contributed by atoms with Crippen LogP contribution in [0.25, 0.3) is 6.08 Å². The maximum atomic E-state index is 14.2.